The molecule has 0 aliphatic rings. The highest BCUT2D eigenvalue weighted by Crippen LogP contribution is 2.16. The van der Waals surface area contributed by atoms with Gasteiger partial charge < -0.3 is 14.0 Å². The lowest BCUT2D eigenvalue weighted by molar-refractivity contribution is 0.598. The number of halogens is 3. The van der Waals surface area contributed by atoms with Crippen molar-refractivity contribution >= 4 is 58.9 Å². The van der Waals surface area contributed by atoms with Crippen LogP contribution in [0.1, 0.15) is 0 Å². The van der Waals surface area contributed by atoms with Gasteiger partial charge in [0.15, 0.2) is 0 Å². The number of benzene rings is 1. The van der Waals surface area contributed by atoms with Crippen molar-refractivity contribution in [1.82, 2.24) is 0 Å². The molecule has 8 heteroatoms. The largest absolute Gasteiger partial charge is 0.343 e. The summed E-state index contributed by atoms with van der Waals surface area (Å²) in [5.41, 5.74) is 0. The molecule has 1 aromatic rings. The number of hydrogen-bond acceptors (Lipinski definition) is 3. The summed E-state index contributed by atoms with van der Waals surface area (Å²) in [4.78, 5) is 0.0610. The van der Waals surface area contributed by atoms with Crippen molar-refractivity contribution in [1.29, 1.82) is 0 Å². The van der Waals surface area contributed by atoms with Crippen molar-refractivity contribution < 1.29 is 8.42 Å². The second-order valence-electron chi connectivity index (χ2n) is 2.71. The van der Waals surface area contributed by atoms with E-state index in [2.05, 4.69) is 3.77 Å². The van der Waals surface area contributed by atoms with Crippen molar-refractivity contribution in [3.63, 3.8) is 0 Å². The van der Waals surface area contributed by atoms with Gasteiger partial charge in [-0.2, -0.15) is 0 Å². The number of sulfonamides is 1. The van der Waals surface area contributed by atoms with E-state index in [0.29, 0.717) is 5.02 Å². The lowest BCUT2D eigenvalue weighted by Gasteiger charge is -2.06. The molecule has 1 rings (SSSR count). The maximum Gasteiger partial charge on any atom is 0.258 e. The van der Waals surface area contributed by atoms with Gasteiger partial charge in [0.05, 0.1) is 4.90 Å². The Morgan fingerprint density at radius 2 is 1.75 bits per heavy atom. The molecule has 0 heterocycles. The first-order valence-electron chi connectivity index (χ1n) is 3.90. The van der Waals surface area contributed by atoms with E-state index < -0.39 is 20.3 Å². The van der Waals surface area contributed by atoms with Gasteiger partial charge in [0.25, 0.3) is 10.0 Å². The summed E-state index contributed by atoms with van der Waals surface area (Å²) in [5, 5.41) is 0.455. The number of rotatable bonds is 2. The molecular formula is C8H7Cl3NO2S2-. The van der Waals surface area contributed by atoms with Crippen LogP contribution in [0.2, 0.25) is 5.02 Å². The minimum absolute atomic E-state index is 0.0610. The zero-order valence-electron chi connectivity index (χ0n) is 8.02. The summed E-state index contributed by atoms with van der Waals surface area (Å²) >= 11 is 16.6. The van der Waals surface area contributed by atoms with Gasteiger partial charge in [-0.3, -0.25) is 0 Å². The summed E-state index contributed by atoms with van der Waals surface area (Å²) in [6.07, 6.45) is 1.52. The molecule has 0 saturated heterocycles. The molecule has 16 heavy (non-hydrogen) atoms. The van der Waals surface area contributed by atoms with E-state index in [9.17, 15) is 8.42 Å². The smallest absolute Gasteiger partial charge is 0.258 e. The highest BCUT2D eigenvalue weighted by molar-refractivity contribution is 8.01. The summed E-state index contributed by atoms with van der Waals surface area (Å²) < 4.78 is 26.9. The van der Waals surface area contributed by atoms with E-state index in [1.165, 1.54) is 30.5 Å². The first-order chi connectivity index (χ1) is 7.33. The highest BCUT2D eigenvalue weighted by atomic mass is 35.5. The van der Waals surface area contributed by atoms with Crippen LogP contribution >= 0.6 is 34.8 Å². The molecule has 0 aromatic heterocycles. The second-order valence-corrected chi connectivity index (χ2v) is 7.92. The third-order valence-corrected chi connectivity index (χ3v) is 6.13. The molecule has 0 N–H and O–H groups in total. The van der Waals surface area contributed by atoms with E-state index in [0.717, 1.165) is 0 Å². The standard InChI is InChI=1S/C8H7Cl3NO2S2/c1-15(8(10)11)12-16(13,14)7-4-2-6(9)3-5-7/h2-5H,1H3/q-1. The van der Waals surface area contributed by atoms with Gasteiger partial charge in [0, 0.05) is 5.02 Å². The van der Waals surface area contributed by atoms with Crippen molar-refractivity contribution in [2.75, 3.05) is 6.26 Å². The minimum Gasteiger partial charge on any atom is -0.343 e. The quantitative estimate of drug-likeness (QED) is 0.478. The summed E-state index contributed by atoms with van der Waals surface area (Å²) in [7, 11) is -4.78. The van der Waals surface area contributed by atoms with E-state index in [4.69, 9.17) is 34.8 Å². The molecular weight excluding hydrogens is 313 g/mol. The molecule has 0 saturated carbocycles. The number of nitrogens with zero attached hydrogens (tertiary/aromatic N) is 1. The van der Waals surface area contributed by atoms with E-state index in [1.807, 2.05) is 0 Å². The molecule has 1 aromatic carbocycles. The molecule has 0 unspecified atom stereocenters. The molecule has 0 aliphatic carbocycles. The maximum atomic E-state index is 11.7. The van der Waals surface area contributed by atoms with E-state index in [1.54, 1.807) is 0 Å². The third-order valence-electron chi connectivity index (χ3n) is 1.54. The van der Waals surface area contributed by atoms with Gasteiger partial charge in [0.2, 0.25) is 0 Å². The van der Waals surface area contributed by atoms with Crippen molar-refractivity contribution in [2.45, 2.75) is 4.90 Å². The van der Waals surface area contributed by atoms with E-state index in [-0.39, 0.29) is 8.68 Å². The van der Waals surface area contributed by atoms with Crippen molar-refractivity contribution in [2.24, 2.45) is 3.77 Å². The second kappa shape index (κ2) is 5.60. The Morgan fingerprint density at radius 3 is 2.19 bits per heavy atom. The predicted octanol–water partition coefficient (Wildman–Crippen LogP) is 3.03. The van der Waals surface area contributed by atoms with Gasteiger partial charge in [-0.25, -0.2) is 8.42 Å². The first kappa shape index (κ1) is 14.1. The van der Waals surface area contributed by atoms with Crippen LogP contribution in [-0.2, 0) is 20.3 Å². The van der Waals surface area contributed by atoms with Crippen LogP contribution in [0.4, 0.5) is 0 Å². The molecule has 0 amide bonds. The van der Waals surface area contributed by atoms with Crippen molar-refractivity contribution in [3.05, 3.63) is 29.3 Å². The zero-order chi connectivity index (χ0) is 12.3. The predicted molar refractivity (Wildman–Crippen MR) is 71.1 cm³/mol. The molecule has 0 aliphatic heterocycles. The Labute approximate surface area is 111 Å². The summed E-state index contributed by atoms with van der Waals surface area (Å²) in [6.45, 7) is 0. The Kier molecular flexibility index (Phi) is 4.94. The Bertz CT molecular complexity index is 568. The molecule has 0 spiro atoms. The van der Waals surface area contributed by atoms with Crippen LogP contribution in [0, 0.1) is 0 Å². The van der Waals surface area contributed by atoms with Gasteiger partial charge in [-0.05, 0) is 28.0 Å². The molecule has 0 bridgehead atoms. The number of hydrogen-bond donors (Lipinski definition) is 0. The van der Waals surface area contributed by atoms with Crippen LogP contribution in [0.15, 0.2) is 32.9 Å². The molecule has 0 atom stereocenters. The Hall–Kier alpha value is 0.0600. The van der Waals surface area contributed by atoms with Crippen LogP contribution in [0.5, 0.6) is 0 Å². The summed E-state index contributed by atoms with van der Waals surface area (Å²) in [5.74, 6) is 0. The van der Waals surface area contributed by atoms with Crippen LogP contribution in [0.3, 0.4) is 0 Å². The monoisotopic (exact) mass is 318 g/mol. The van der Waals surface area contributed by atoms with E-state index >= 15 is 0 Å². The highest BCUT2D eigenvalue weighted by Gasteiger charge is 2.07. The van der Waals surface area contributed by atoms with Gasteiger partial charge in [-0.1, -0.05) is 11.6 Å². The topological polar surface area (TPSA) is 46.5 Å². The average molecular weight is 320 g/mol. The fourth-order valence-electron chi connectivity index (χ4n) is 0.825. The van der Waals surface area contributed by atoms with Crippen molar-refractivity contribution in [3.8, 4) is 0 Å². The fourth-order valence-corrected chi connectivity index (χ4v) is 3.69. The third kappa shape index (κ3) is 3.82. The fraction of sp³-hybridized carbons (Fsp3) is 0.125. The first-order valence-corrected chi connectivity index (χ1v) is 8.07. The SMILES string of the molecule is C[S-](=NS(=O)(=O)c1ccc(Cl)cc1)=C(Cl)Cl. The molecule has 90 valence electrons. The maximum absolute atomic E-state index is 11.7. The van der Waals surface area contributed by atoms with Crippen LogP contribution in [0.25, 0.3) is 0 Å². The lowest BCUT2D eigenvalue weighted by atomic mass is 10.4. The van der Waals surface area contributed by atoms with Gasteiger partial charge in [-0.15, -0.1) is 29.5 Å². The molecule has 3 nitrogen and oxygen atoms in total. The molecule has 0 radical (unpaired) electrons. The summed E-state index contributed by atoms with van der Waals surface area (Å²) in [6, 6.07) is 5.70. The van der Waals surface area contributed by atoms with Gasteiger partial charge in [0.1, 0.15) is 0 Å². The van der Waals surface area contributed by atoms with Crippen LogP contribution < -0.4 is 0 Å². The lowest BCUT2D eigenvalue weighted by Crippen LogP contribution is -1.97. The molecule has 0 fully saturated rings. The van der Waals surface area contributed by atoms with Gasteiger partial charge >= 0.3 is 0 Å². The Balaban J connectivity index is 3.30. The van der Waals surface area contributed by atoms with Crippen LogP contribution in [-0.4, -0.2) is 18.5 Å². The Morgan fingerprint density at radius 1 is 1.25 bits per heavy atom. The average Bonchev–Trinajstić information content (AvgIpc) is 2.17. The zero-order valence-corrected chi connectivity index (χ0v) is 11.9. The minimum atomic E-state index is -3.73. The normalized spacial score (nSPS) is 13.8.